The summed E-state index contributed by atoms with van der Waals surface area (Å²) in [6, 6.07) is 24.1. The van der Waals surface area contributed by atoms with Gasteiger partial charge in [0.2, 0.25) is 11.8 Å². The Bertz CT molecular complexity index is 974. The van der Waals surface area contributed by atoms with E-state index in [0.29, 0.717) is 29.3 Å². The summed E-state index contributed by atoms with van der Waals surface area (Å²) in [6.45, 7) is 0.612. The Morgan fingerprint density at radius 2 is 1.62 bits per heavy atom. The molecule has 0 radical (unpaired) electrons. The Labute approximate surface area is 169 Å². The second kappa shape index (κ2) is 9.94. The van der Waals surface area contributed by atoms with Crippen LogP contribution in [0, 0.1) is 0 Å². The molecule has 148 valence electrons. The first-order valence-electron chi connectivity index (χ1n) is 9.30. The maximum Gasteiger partial charge on any atom is 0.248 e. The average Bonchev–Trinajstić information content (AvgIpc) is 2.73. The lowest BCUT2D eigenvalue weighted by Gasteiger charge is -2.11. The number of primary amides is 1. The molecule has 3 rings (SSSR count). The Morgan fingerprint density at radius 1 is 0.862 bits per heavy atom. The normalized spacial score (nSPS) is 10.2. The third kappa shape index (κ3) is 6.39. The second-order valence-electron chi connectivity index (χ2n) is 6.46. The van der Waals surface area contributed by atoms with Crippen LogP contribution in [0.1, 0.15) is 15.9 Å². The number of anilines is 2. The minimum atomic E-state index is -0.512. The number of nitrogens with one attached hydrogen (secondary N) is 2. The smallest absolute Gasteiger partial charge is 0.248 e. The maximum absolute atomic E-state index is 12.2. The van der Waals surface area contributed by atoms with Crippen LogP contribution in [-0.4, -0.2) is 25.0 Å². The molecule has 6 nitrogen and oxygen atoms in total. The molecule has 0 saturated heterocycles. The van der Waals surface area contributed by atoms with Crippen LogP contribution in [-0.2, 0) is 11.2 Å². The van der Waals surface area contributed by atoms with Gasteiger partial charge in [0.15, 0.2) is 0 Å². The summed E-state index contributed by atoms with van der Waals surface area (Å²) in [7, 11) is 0. The van der Waals surface area contributed by atoms with E-state index in [1.165, 1.54) is 5.56 Å². The van der Waals surface area contributed by atoms with E-state index in [9.17, 15) is 9.59 Å². The largest absolute Gasteiger partial charge is 0.493 e. The van der Waals surface area contributed by atoms with E-state index in [1.54, 1.807) is 36.4 Å². The fourth-order valence-electron chi connectivity index (χ4n) is 2.76. The summed E-state index contributed by atoms with van der Waals surface area (Å²) >= 11 is 0. The van der Waals surface area contributed by atoms with E-state index in [2.05, 4.69) is 22.8 Å². The molecule has 0 heterocycles. The summed E-state index contributed by atoms with van der Waals surface area (Å²) in [6.07, 6.45) is 0.811. The van der Waals surface area contributed by atoms with Crippen LogP contribution in [0.2, 0.25) is 0 Å². The monoisotopic (exact) mass is 389 g/mol. The van der Waals surface area contributed by atoms with Gasteiger partial charge in [0.1, 0.15) is 5.75 Å². The zero-order valence-corrected chi connectivity index (χ0v) is 15.9. The van der Waals surface area contributed by atoms with Crippen molar-refractivity contribution in [2.45, 2.75) is 6.42 Å². The number of benzene rings is 3. The fourth-order valence-corrected chi connectivity index (χ4v) is 2.76. The SMILES string of the molecule is NC(=O)c1cccc(NCC(=O)Nc2cccc(OCCc3ccccc3)c2)c1. The Kier molecular flexibility index (Phi) is 6.84. The van der Waals surface area contributed by atoms with Gasteiger partial charge in [-0.15, -0.1) is 0 Å². The minimum absolute atomic E-state index is 0.0569. The van der Waals surface area contributed by atoms with E-state index in [1.807, 2.05) is 30.3 Å². The predicted molar refractivity (Wildman–Crippen MR) is 114 cm³/mol. The van der Waals surface area contributed by atoms with Gasteiger partial charge in [-0.1, -0.05) is 42.5 Å². The van der Waals surface area contributed by atoms with Crippen molar-refractivity contribution in [2.24, 2.45) is 5.73 Å². The number of nitrogens with two attached hydrogens (primary N) is 1. The van der Waals surface area contributed by atoms with Crippen molar-refractivity contribution < 1.29 is 14.3 Å². The Morgan fingerprint density at radius 3 is 2.41 bits per heavy atom. The number of ether oxygens (including phenoxy) is 1. The molecule has 0 aliphatic carbocycles. The molecule has 2 amide bonds. The first kappa shape index (κ1) is 19.9. The topological polar surface area (TPSA) is 93.5 Å². The first-order chi connectivity index (χ1) is 14.1. The summed E-state index contributed by atoms with van der Waals surface area (Å²) < 4.78 is 5.79. The summed E-state index contributed by atoms with van der Waals surface area (Å²) in [5.41, 5.74) is 8.16. The molecule has 0 spiro atoms. The molecule has 0 aliphatic rings. The first-order valence-corrected chi connectivity index (χ1v) is 9.30. The quantitative estimate of drug-likeness (QED) is 0.522. The molecule has 3 aromatic carbocycles. The Hall–Kier alpha value is -3.80. The summed E-state index contributed by atoms with van der Waals surface area (Å²) in [5.74, 6) is -0.0288. The highest BCUT2D eigenvalue weighted by molar-refractivity contribution is 5.95. The zero-order chi connectivity index (χ0) is 20.5. The second-order valence-corrected chi connectivity index (χ2v) is 6.46. The van der Waals surface area contributed by atoms with Crippen LogP contribution in [0.3, 0.4) is 0 Å². The molecule has 0 unspecified atom stereocenters. The number of carbonyl (C=O) groups excluding carboxylic acids is 2. The lowest BCUT2D eigenvalue weighted by atomic mass is 10.2. The number of rotatable bonds is 9. The predicted octanol–water partition coefficient (Wildman–Crippen LogP) is 3.46. The van der Waals surface area contributed by atoms with E-state index in [-0.39, 0.29) is 12.5 Å². The number of carbonyl (C=O) groups is 2. The molecule has 29 heavy (non-hydrogen) atoms. The van der Waals surface area contributed by atoms with Crippen LogP contribution < -0.4 is 21.1 Å². The van der Waals surface area contributed by atoms with Gasteiger partial charge in [-0.05, 0) is 35.9 Å². The lowest BCUT2D eigenvalue weighted by Crippen LogP contribution is -2.22. The van der Waals surface area contributed by atoms with Crippen molar-refractivity contribution in [3.8, 4) is 5.75 Å². The third-order valence-corrected chi connectivity index (χ3v) is 4.22. The molecule has 4 N–H and O–H groups in total. The van der Waals surface area contributed by atoms with Crippen LogP contribution in [0.4, 0.5) is 11.4 Å². The fraction of sp³-hybridized carbons (Fsp3) is 0.130. The average molecular weight is 389 g/mol. The van der Waals surface area contributed by atoms with Gasteiger partial charge in [-0.3, -0.25) is 9.59 Å². The number of amides is 2. The molecule has 6 heteroatoms. The van der Waals surface area contributed by atoms with E-state index in [0.717, 1.165) is 6.42 Å². The van der Waals surface area contributed by atoms with Crippen LogP contribution in [0.25, 0.3) is 0 Å². The van der Waals surface area contributed by atoms with E-state index < -0.39 is 5.91 Å². The van der Waals surface area contributed by atoms with Crippen molar-refractivity contribution in [2.75, 3.05) is 23.8 Å². The van der Waals surface area contributed by atoms with Crippen molar-refractivity contribution >= 4 is 23.2 Å². The molecule has 0 bridgehead atoms. The number of hydrogen-bond acceptors (Lipinski definition) is 4. The standard InChI is InChI=1S/C23H23N3O3/c24-23(28)18-8-4-9-19(14-18)25-16-22(27)26-20-10-5-11-21(15-20)29-13-12-17-6-2-1-3-7-17/h1-11,14-15,25H,12-13,16H2,(H2,24,28)(H,26,27). The van der Waals surface area contributed by atoms with Crippen LogP contribution >= 0.6 is 0 Å². The van der Waals surface area contributed by atoms with Crippen LogP contribution in [0.5, 0.6) is 5.75 Å². The molecule has 0 atom stereocenters. The van der Waals surface area contributed by atoms with Gasteiger partial charge in [0.05, 0.1) is 13.2 Å². The maximum atomic E-state index is 12.2. The van der Waals surface area contributed by atoms with E-state index >= 15 is 0 Å². The van der Waals surface area contributed by atoms with Gasteiger partial charge < -0.3 is 21.1 Å². The molecule has 0 saturated carbocycles. The molecule has 0 aliphatic heterocycles. The molecule has 3 aromatic rings. The Balaban J connectivity index is 1.48. The van der Waals surface area contributed by atoms with Crippen molar-refractivity contribution in [1.82, 2.24) is 0 Å². The zero-order valence-electron chi connectivity index (χ0n) is 15.9. The minimum Gasteiger partial charge on any atom is -0.493 e. The van der Waals surface area contributed by atoms with Gasteiger partial charge in [-0.25, -0.2) is 0 Å². The van der Waals surface area contributed by atoms with Gasteiger partial charge in [-0.2, -0.15) is 0 Å². The van der Waals surface area contributed by atoms with E-state index in [4.69, 9.17) is 10.5 Å². The van der Waals surface area contributed by atoms with Gasteiger partial charge >= 0.3 is 0 Å². The molecule has 0 fully saturated rings. The van der Waals surface area contributed by atoms with Crippen LogP contribution in [0.15, 0.2) is 78.9 Å². The third-order valence-electron chi connectivity index (χ3n) is 4.22. The van der Waals surface area contributed by atoms with Crippen molar-refractivity contribution in [3.05, 3.63) is 90.0 Å². The molecular weight excluding hydrogens is 366 g/mol. The highest BCUT2D eigenvalue weighted by Crippen LogP contribution is 2.18. The van der Waals surface area contributed by atoms with Gasteiger partial charge in [0, 0.05) is 29.4 Å². The number of hydrogen-bond donors (Lipinski definition) is 3. The highest BCUT2D eigenvalue weighted by Gasteiger charge is 2.06. The lowest BCUT2D eigenvalue weighted by molar-refractivity contribution is -0.114. The molecular formula is C23H23N3O3. The highest BCUT2D eigenvalue weighted by atomic mass is 16.5. The molecule has 0 aromatic heterocycles. The summed E-state index contributed by atoms with van der Waals surface area (Å²) in [5, 5.41) is 5.80. The van der Waals surface area contributed by atoms with Crippen molar-refractivity contribution in [3.63, 3.8) is 0 Å². The summed E-state index contributed by atoms with van der Waals surface area (Å²) in [4.78, 5) is 23.4. The van der Waals surface area contributed by atoms with Crippen molar-refractivity contribution in [1.29, 1.82) is 0 Å². The van der Waals surface area contributed by atoms with Gasteiger partial charge in [0.25, 0.3) is 0 Å².